The van der Waals surface area contributed by atoms with Crippen molar-refractivity contribution in [2.45, 2.75) is 39.9 Å². The van der Waals surface area contributed by atoms with Gasteiger partial charge in [0.05, 0.1) is 17.7 Å². The maximum atomic E-state index is 4.52. The highest BCUT2D eigenvalue weighted by Crippen LogP contribution is 2.11. The molecule has 0 aliphatic heterocycles. The van der Waals surface area contributed by atoms with Crippen LogP contribution in [-0.4, -0.2) is 20.8 Å². The summed E-state index contributed by atoms with van der Waals surface area (Å²) < 4.78 is 1.99. The first-order chi connectivity index (χ1) is 8.15. The highest BCUT2D eigenvalue weighted by Gasteiger charge is 2.06. The summed E-state index contributed by atoms with van der Waals surface area (Å²) in [6, 6.07) is 0.499. The summed E-state index contributed by atoms with van der Waals surface area (Å²) in [6.07, 6.45) is 4.01. The van der Waals surface area contributed by atoms with Gasteiger partial charge in [-0.2, -0.15) is 5.10 Å². The second kappa shape index (κ2) is 5.42. The molecule has 0 bridgehead atoms. The number of aromatic nitrogens is 3. The molecule has 2 rings (SSSR count). The highest BCUT2D eigenvalue weighted by atomic mass is 32.1. The van der Waals surface area contributed by atoms with Crippen molar-refractivity contribution in [2.24, 2.45) is 0 Å². The van der Waals surface area contributed by atoms with E-state index in [2.05, 4.69) is 42.4 Å². The minimum Gasteiger partial charge on any atom is -0.310 e. The average molecular weight is 250 g/mol. The fourth-order valence-corrected chi connectivity index (χ4v) is 2.19. The van der Waals surface area contributed by atoms with E-state index in [0.29, 0.717) is 6.04 Å². The minimum atomic E-state index is 0.499. The van der Waals surface area contributed by atoms with Gasteiger partial charge in [0.1, 0.15) is 0 Å². The Morgan fingerprint density at radius 3 is 2.94 bits per heavy atom. The van der Waals surface area contributed by atoms with Gasteiger partial charge in [-0.25, -0.2) is 0 Å². The first-order valence-corrected chi connectivity index (χ1v) is 6.67. The third-order valence-corrected chi connectivity index (χ3v) is 3.31. The minimum absolute atomic E-state index is 0.499. The molecular formula is C12H18N4S. The van der Waals surface area contributed by atoms with E-state index in [4.69, 9.17) is 0 Å². The van der Waals surface area contributed by atoms with Crippen molar-refractivity contribution in [1.29, 1.82) is 0 Å². The average Bonchev–Trinajstić information content (AvgIpc) is 2.86. The predicted molar refractivity (Wildman–Crippen MR) is 70.2 cm³/mol. The maximum Gasteiger partial charge on any atom is 0.0794 e. The zero-order valence-electron chi connectivity index (χ0n) is 10.5. The lowest BCUT2D eigenvalue weighted by atomic mass is 10.2. The molecule has 2 aromatic heterocycles. The largest absolute Gasteiger partial charge is 0.310 e. The Hall–Kier alpha value is -1.20. The zero-order chi connectivity index (χ0) is 12.3. The molecule has 0 atom stereocenters. The van der Waals surface area contributed by atoms with Crippen LogP contribution in [0.4, 0.5) is 0 Å². The maximum absolute atomic E-state index is 4.52. The van der Waals surface area contributed by atoms with E-state index in [1.54, 1.807) is 11.3 Å². The fourth-order valence-electron chi connectivity index (χ4n) is 1.61. The van der Waals surface area contributed by atoms with Gasteiger partial charge in [-0.3, -0.25) is 9.67 Å². The molecule has 0 aliphatic carbocycles. The third kappa shape index (κ3) is 3.38. The van der Waals surface area contributed by atoms with Crippen LogP contribution in [0, 0.1) is 6.92 Å². The molecule has 2 heterocycles. The molecule has 0 aliphatic rings. The quantitative estimate of drug-likeness (QED) is 0.884. The van der Waals surface area contributed by atoms with Gasteiger partial charge in [-0.1, -0.05) is 13.8 Å². The molecule has 0 saturated heterocycles. The van der Waals surface area contributed by atoms with Crippen molar-refractivity contribution in [3.05, 3.63) is 34.0 Å². The summed E-state index contributed by atoms with van der Waals surface area (Å²) in [5.74, 6) is 0. The summed E-state index contributed by atoms with van der Waals surface area (Å²) >= 11 is 1.66. The van der Waals surface area contributed by atoms with Crippen LogP contribution in [0.5, 0.6) is 0 Å². The molecule has 0 unspecified atom stereocenters. The van der Waals surface area contributed by atoms with Gasteiger partial charge >= 0.3 is 0 Å². The molecule has 4 nitrogen and oxygen atoms in total. The molecule has 17 heavy (non-hydrogen) atoms. The van der Waals surface area contributed by atoms with Crippen molar-refractivity contribution in [3.63, 3.8) is 0 Å². The molecule has 5 heteroatoms. The van der Waals surface area contributed by atoms with Crippen LogP contribution in [0.3, 0.4) is 0 Å². The molecule has 2 aromatic rings. The van der Waals surface area contributed by atoms with Gasteiger partial charge in [0, 0.05) is 35.4 Å². The third-order valence-electron chi connectivity index (χ3n) is 2.55. The zero-order valence-corrected chi connectivity index (χ0v) is 11.3. The van der Waals surface area contributed by atoms with Crippen molar-refractivity contribution in [2.75, 3.05) is 0 Å². The summed E-state index contributed by atoms with van der Waals surface area (Å²) in [4.78, 5) is 5.30. The summed E-state index contributed by atoms with van der Waals surface area (Å²) in [5, 5.41) is 7.93. The first kappa shape index (κ1) is 12.3. The number of nitrogens with zero attached hydrogens (tertiary/aromatic N) is 3. The first-order valence-electron chi connectivity index (χ1n) is 5.79. The normalized spacial score (nSPS) is 11.3. The number of hydrogen-bond acceptors (Lipinski definition) is 4. The molecular weight excluding hydrogens is 232 g/mol. The second-order valence-corrected chi connectivity index (χ2v) is 5.41. The van der Waals surface area contributed by atoms with Gasteiger partial charge in [0.2, 0.25) is 0 Å². The lowest BCUT2D eigenvalue weighted by Crippen LogP contribution is -2.21. The van der Waals surface area contributed by atoms with Gasteiger partial charge in [-0.05, 0) is 6.92 Å². The number of thiazole rings is 1. The topological polar surface area (TPSA) is 42.7 Å². The van der Waals surface area contributed by atoms with Crippen LogP contribution < -0.4 is 5.32 Å². The van der Waals surface area contributed by atoms with Crippen LogP contribution in [0.15, 0.2) is 17.9 Å². The smallest absolute Gasteiger partial charge is 0.0794 e. The van der Waals surface area contributed by atoms with E-state index in [0.717, 1.165) is 18.8 Å². The van der Waals surface area contributed by atoms with E-state index in [1.165, 1.54) is 10.4 Å². The van der Waals surface area contributed by atoms with Crippen LogP contribution >= 0.6 is 11.3 Å². The van der Waals surface area contributed by atoms with Gasteiger partial charge < -0.3 is 5.32 Å². The Morgan fingerprint density at radius 1 is 1.47 bits per heavy atom. The molecule has 0 radical (unpaired) electrons. The standard InChI is InChI=1S/C12H18N4S/c1-9(2)14-4-11-6-16(15-10(11)3)7-12-5-13-8-17-12/h5-6,8-9,14H,4,7H2,1-3H3. The molecule has 0 saturated carbocycles. The van der Waals surface area contributed by atoms with Gasteiger partial charge in [0.25, 0.3) is 0 Å². The summed E-state index contributed by atoms with van der Waals surface area (Å²) in [7, 11) is 0. The van der Waals surface area contributed by atoms with Gasteiger partial charge in [0.15, 0.2) is 0 Å². The highest BCUT2D eigenvalue weighted by molar-refractivity contribution is 7.09. The molecule has 1 N–H and O–H groups in total. The Kier molecular flexibility index (Phi) is 3.91. The van der Waals surface area contributed by atoms with Crippen LogP contribution in [0.1, 0.15) is 30.0 Å². The Labute approximate surface area is 106 Å². The molecule has 0 fully saturated rings. The fraction of sp³-hybridized carbons (Fsp3) is 0.500. The molecule has 0 amide bonds. The lowest BCUT2D eigenvalue weighted by Gasteiger charge is -2.06. The second-order valence-electron chi connectivity index (χ2n) is 4.44. The lowest BCUT2D eigenvalue weighted by molar-refractivity contribution is 0.587. The number of rotatable bonds is 5. The van der Waals surface area contributed by atoms with Crippen LogP contribution in [-0.2, 0) is 13.1 Å². The van der Waals surface area contributed by atoms with Crippen molar-refractivity contribution in [1.82, 2.24) is 20.1 Å². The van der Waals surface area contributed by atoms with Crippen molar-refractivity contribution in [3.8, 4) is 0 Å². The molecule has 0 spiro atoms. The summed E-state index contributed by atoms with van der Waals surface area (Å²) in [5.41, 5.74) is 4.22. The van der Waals surface area contributed by atoms with E-state index >= 15 is 0 Å². The number of nitrogens with one attached hydrogen (secondary N) is 1. The Morgan fingerprint density at radius 2 is 2.29 bits per heavy atom. The SMILES string of the molecule is Cc1nn(Cc2cncs2)cc1CNC(C)C. The number of hydrogen-bond donors (Lipinski definition) is 1. The predicted octanol–water partition coefficient (Wildman–Crippen LogP) is 2.19. The van der Waals surface area contributed by atoms with Crippen LogP contribution in [0.25, 0.3) is 0 Å². The van der Waals surface area contributed by atoms with E-state index in [9.17, 15) is 0 Å². The van der Waals surface area contributed by atoms with Crippen LogP contribution in [0.2, 0.25) is 0 Å². The Balaban J connectivity index is 2.02. The monoisotopic (exact) mass is 250 g/mol. The molecule has 0 aromatic carbocycles. The van der Waals surface area contributed by atoms with Gasteiger partial charge in [-0.15, -0.1) is 11.3 Å². The van der Waals surface area contributed by atoms with Crippen molar-refractivity contribution < 1.29 is 0 Å². The van der Waals surface area contributed by atoms with Crippen molar-refractivity contribution >= 4 is 11.3 Å². The van der Waals surface area contributed by atoms with E-state index < -0.39 is 0 Å². The van der Waals surface area contributed by atoms with E-state index in [1.807, 2.05) is 16.4 Å². The molecule has 92 valence electrons. The summed E-state index contributed by atoms with van der Waals surface area (Å²) in [6.45, 7) is 8.05. The number of aryl methyl sites for hydroxylation is 1. The Bertz CT molecular complexity index is 459. The van der Waals surface area contributed by atoms with E-state index in [-0.39, 0.29) is 0 Å².